The highest BCUT2D eigenvalue weighted by molar-refractivity contribution is 7.26. The van der Waals surface area contributed by atoms with Crippen LogP contribution in [0.15, 0.2) is 217 Å². The average Bonchev–Trinajstić information content (AvgIpc) is 4.00. The summed E-state index contributed by atoms with van der Waals surface area (Å²) in [5.74, 6) is 0. The summed E-state index contributed by atoms with van der Waals surface area (Å²) in [7, 11) is 0. The maximum atomic E-state index is 6.70. The molecular formula is C61H41NOS. The van der Waals surface area contributed by atoms with Crippen molar-refractivity contribution in [2.75, 3.05) is 4.90 Å². The summed E-state index contributed by atoms with van der Waals surface area (Å²) in [6, 6.07) is 77.8. The van der Waals surface area contributed by atoms with Gasteiger partial charge in [0.05, 0.1) is 0 Å². The third kappa shape index (κ3) is 5.51. The molecule has 2 aromatic heterocycles. The van der Waals surface area contributed by atoms with E-state index in [2.05, 4.69) is 231 Å². The number of anilines is 3. The first-order chi connectivity index (χ1) is 31.5. The first-order valence-corrected chi connectivity index (χ1v) is 22.9. The quantitative estimate of drug-likeness (QED) is 0.166. The van der Waals surface area contributed by atoms with E-state index < -0.39 is 0 Å². The van der Waals surface area contributed by atoms with Crippen LogP contribution < -0.4 is 4.90 Å². The van der Waals surface area contributed by atoms with E-state index in [1.54, 1.807) is 0 Å². The third-order valence-electron chi connectivity index (χ3n) is 13.7. The lowest BCUT2D eigenvalue weighted by atomic mass is 9.82. The lowest BCUT2D eigenvalue weighted by Crippen LogP contribution is -2.16. The molecule has 2 heterocycles. The lowest BCUT2D eigenvalue weighted by molar-refractivity contribution is 0.660. The number of hydrogen-bond acceptors (Lipinski definition) is 3. The second-order valence-electron chi connectivity index (χ2n) is 17.6. The smallest absolute Gasteiger partial charge is 0.143 e. The topological polar surface area (TPSA) is 16.4 Å². The maximum Gasteiger partial charge on any atom is 0.143 e. The third-order valence-corrected chi connectivity index (χ3v) is 14.9. The molecule has 0 bridgehead atoms. The van der Waals surface area contributed by atoms with Crippen molar-refractivity contribution in [1.29, 1.82) is 0 Å². The summed E-state index contributed by atoms with van der Waals surface area (Å²) < 4.78 is 9.35. The number of rotatable bonds is 6. The zero-order chi connectivity index (χ0) is 42.5. The lowest BCUT2D eigenvalue weighted by Gasteiger charge is -2.28. The number of benzene rings is 10. The highest BCUT2D eigenvalue weighted by Crippen LogP contribution is 2.52. The van der Waals surface area contributed by atoms with E-state index in [1.807, 2.05) is 11.3 Å². The Morgan fingerprint density at radius 2 is 0.984 bits per heavy atom. The van der Waals surface area contributed by atoms with Crippen molar-refractivity contribution in [2.45, 2.75) is 19.3 Å². The normalized spacial score (nSPS) is 13.0. The number of furan rings is 1. The molecule has 1 aliphatic rings. The van der Waals surface area contributed by atoms with Crippen molar-refractivity contribution in [3.8, 4) is 44.5 Å². The Kier molecular flexibility index (Phi) is 8.16. The largest absolute Gasteiger partial charge is 0.455 e. The predicted octanol–water partition coefficient (Wildman–Crippen LogP) is 17.9. The predicted molar refractivity (Wildman–Crippen MR) is 273 cm³/mol. The molecule has 0 unspecified atom stereocenters. The summed E-state index contributed by atoms with van der Waals surface area (Å²) >= 11 is 1.88. The first-order valence-electron chi connectivity index (χ1n) is 22.1. The van der Waals surface area contributed by atoms with Gasteiger partial charge in [-0.15, -0.1) is 11.3 Å². The minimum Gasteiger partial charge on any atom is -0.455 e. The number of hydrogen-bond donors (Lipinski definition) is 0. The van der Waals surface area contributed by atoms with Gasteiger partial charge < -0.3 is 9.32 Å². The molecule has 10 aromatic carbocycles. The van der Waals surface area contributed by atoms with Crippen LogP contribution in [-0.2, 0) is 5.41 Å². The van der Waals surface area contributed by atoms with Gasteiger partial charge in [-0.2, -0.15) is 0 Å². The summed E-state index contributed by atoms with van der Waals surface area (Å²) in [5.41, 5.74) is 17.6. The summed E-state index contributed by atoms with van der Waals surface area (Å²) in [4.78, 5) is 2.43. The molecule has 0 spiro atoms. The summed E-state index contributed by atoms with van der Waals surface area (Å²) in [6.07, 6.45) is 0. The number of nitrogens with zero attached hydrogens (tertiary/aromatic N) is 1. The van der Waals surface area contributed by atoms with E-state index in [0.717, 1.165) is 50.0 Å². The van der Waals surface area contributed by atoms with Gasteiger partial charge in [0, 0.05) is 64.4 Å². The molecular weight excluding hydrogens is 795 g/mol. The van der Waals surface area contributed by atoms with Crippen molar-refractivity contribution in [2.24, 2.45) is 0 Å². The molecule has 0 amide bonds. The van der Waals surface area contributed by atoms with Crippen LogP contribution in [0.3, 0.4) is 0 Å². The molecule has 3 heteroatoms. The number of thiophene rings is 1. The molecule has 1 aliphatic carbocycles. The Morgan fingerprint density at radius 3 is 1.78 bits per heavy atom. The SMILES string of the molecule is CC1(C)c2ccccc2-c2ccc(N(c3ccc(-c4c(-c5ccccc5)c5c6ccccc6oc5c5ccccc45)cc3)c3ccc(-c4cccc5c4sc4ccccc45)cc3)cc21. The van der Waals surface area contributed by atoms with E-state index in [9.17, 15) is 0 Å². The van der Waals surface area contributed by atoms with Crippen LogP contribution in [0.4, 0.5) is 17.1 Å². The highest BCUT2D eigenvalue weighted by Gasteiger charge is 2.36. The average molecular weight is 836 g/mol. The van der Waals surface area contributed by atoms with Gasteiger partial charge in [0.2, 0.25) is 0 Å². The van der Waals surface area contributed by atoms with E-state index in [1.165, 1.54) is 75.6 Å². The van der Waals surface area contributed by atoms with Crippen LogP contribution in [-0.4, -0.2) is 0 Å². The van der Waals surface area contributed by atoms with E-state index in [-0.39, 0.29) is 5.41 Å². The van der Waals surface area contributed by atoms with Gasteiger partial charge in [0.15, 0.2) is 0 Å². The molecule has 0 aliphatic heterocycles. The molecule has 12 aromatic rings. The molecule has 0 N–H and O–H groups in total. The maximum absolute atomic E-state index is 6.70. The molecule has 0 saturated heterocycles. The Bertz CT molecular complexity index is 3800. The molecule has 2 nitrogen and oxygen atoms in total. The fraction of sp³-hybridized carbons (Fsp3) is 0.0492. The van der Waals surface area contributed by atoms with Crippen molar-refractivity contribution in [3.63, 3.8) is 0 Å². The second kappa shape index (κ2) is 14.2. The minimum atomic E-state index is -0.130. The Balaban J connectivity index is 0.991. The highest BCUT2D eigenvalue weighted by atomic mass is 32.1. The Hall–Kier alpha value is -7.72. The van der Waals surface area contributed by atoms with Crippen molar-refractivity contribution >= 4 is 81.3 Å². The van der Waals surface area contributed by atoms with Gasteiger partial charge in [-0.3, -0.25) is 0 Å². The first kappa shape index (κ1) is 36.9. The number of para-hydroxylation sites is 1. The van der Waals surface area contributed by atoms with Crippen molar-refractivity contribution in [3.05, 3.63) is 223 Å². The van der Waals surface area contributed by atoms with E-state index in [4.69, 9.17) is 4.42 Å². The van der Waals surface area contributed by atoms with Gasteiger partial charge in [-0.1, -0.05) is 178 Å². The number of fused-ring (bicyclic) bond motifs is 11. The van der Waals surface area contributed by atoms with E-state index in [0.29, 0.717) is 0 Å². The molecule has 64 heavy (non-hydrogen) atoms. The summed E-state index contributed by atoms with van der Waals surface area (Å²) in [5, 5.41) is 7.19. The Morgan fingerprint density at radius 1 is 0.406 bits per heavy atom. The van der Waals surface area contributed by atoms with Gasteiger partial charge in [-0.25, -0.2) is 0 Å². The fourth-order valence-electron chi connectivity index (χ4n) is 10.7. The molecule has 0 atom stereocenters. The van der Waals surface area contributed by atoms with Crippen LogP contribution in [0.2, 0.25) is 0 Å². The monoisotopic (exact) mass is 835 g/mol. The van der Waals surface area contributed by atoms with Gasteiger partial charge in [0.1, 0.15) is 11.2 Å². The minimum absolute atomic E-state index is 0.130. The van der Waals surface area contributed by atoms with Crippen LogP contribution in [0.1, 0.15) is 25.0 Å². The second-order valence-corrected chi connectivity index (χ2v) is 18.6. The van der Waals surface area contributed by atoms with Crippen LogP contribution in [0, 0.1) is 0 Å². The zero-order valence-corrected chi connectivity index (χ0v) is 36.3. The van der Waals surface area contributed by atoms with Crippen LogP contribution in [0.25, 0.3) is 97.4 Å². The van der Waals surface area contributed by atoms with Gasteiger partial charge in [-0.05, 0) is 104 Å². The van der Waals surface area contributed by atoms with Gasteiger partial charge >= 0.3 is 0 Å². The standard InChI is InChI=1S/C61H41NOS/c1-61(2)52-24-11-8-17-45(52)46-36-35-43(37-53(46)61)62(41-31-27-38(28-32-41)44-22-14-23-50-47-18-10-13-26-55(47)64-60(44)50)42-33-29-40(30-34-42)56-48-19-6-7-20-49(48)59-58(51-21-9-12-25-54(51)63-59)57(56)39-15-4-3-5-16-39/h3-37H,1-2H3. The molecule has 0 radical (unpaired) electrons. The van der Waals surface area contributed by atoms with Crippen LogP contribution in [0.5, 0.6) is 0 Å². The van der Waals surface area contributed by atoms with E-state index >= 15 is 0 Å². The summed E-state index contributed by atoms with van der Waals surface area (Å²) in [6.45, 7) is 4.72. The fourth-order valence-corrected chi connectivity index (χ4v) is 11.9. The Labute approximate surface area is 375 Å². The molecule has 13 rings (SSSR count). The zero-order valence-electron chi connectivity index (χ0n) is 35.5. The molecule has 0 saturated carbocycles. The molecule has 0 fully saturated rings. The van der Waals surface area contributed by atoms with Crippen molar-refractivity contribution in [1.82, 2.24) is 0 Å². The van der Waals surface area contributed by atoms with Gasteiger partial charge in [0.25, 0.3) is 0 Å². The van der Waals surface area contributed by atoms with Crippen LogP contribution >= 0.6 is 11.3 Å². The molecule has 302 valence electrons. The van der Waals surface area contributed by atoms with Crippen molar-refractivity contribution < 1.29 is 4.42 Å².